The fraction of sp³-hybridized carbons (Fsp3) is 0.429. The maximum atomic E-state index is 14.2. The van der Waals surface area contributed by atoms with Gasteiger partial charge in [0.1, 0.15) is 17.4 Å². The number of likely N-dealkylation sites (N-methyl/N-ethyl adjacent to an activating group) is 1. The molecule has 1 aromatic heterocycles. The third-order valence-electron chi connectivity index (χ3n) is 6.86. The number of halogens is 1. The van der Waals surface area contributed by atoms with E-state index in [-0.39, 0.29) is 17.9 Å². The molecular weight excluding hydrogens is 471 g/mol. The van der Waals surface area contributed by atoms with Crippen LogP contribution in [0.15, 0.2) is 48.5 Å². The molecule has 0 unspecified atom stereocenters. The molecule has 198 valence electrons. The molecule has 2 amide bonds. The number of nitrogens with zero attached hydrogens (tertiary/aromatic N) is 5. The lowest BCUT2D eigenvalue weighted by atomic mass is 10.1. The van der Waals surface area contributed by atoms with Gasteiger partial charge in [-0.1, -0.05) is 19.1 Å². The summed E-state index contributed by atoms with van der Waals surface area (Å²) in [7, 11) is 1.60. The monoisotopic (exact) mass is 508 g/mol. The van der Waals surface area contributed by atoms with E-state index in [1.165, 1.54) is 12.1 Å². The number of piperazine rings is 1. The highest BCUT2D eigenvalue weighted by atomic mass is 19.1. The van der Waals surface area contributed by atoms with Gasteiger partial charge in [-0.05, 0) is 57.6 Å². The van der Waals surface area contributed by atoms with Crippen LogP contribution in [0.2, 0.25) is 0 Å². The Hall–Kier alpha value is -3.59. The van der Waals surface area contributed by atoms with Crippen LogP contribution in [0.25, 0.3) is 5.69 Å². The fourth-order valence-electron chi connectivity index (χ4n) is 4.68. The molecule has 4 rings (SSSR count). The van der Waals surface area contributed by atoms with Crippen molar-refractivity contribution in [3.8, 4) is 11.4 Å². The molecule has 1 saturated heterocycles. The van der Waals surface area contributed by atoms with Gasteiger partial charge in [-0.2, -0.15) is 5.10 Å². The maximum Gasteiger partial charge on any atom is 0.322 e. The van der Waals surface area contributed by atoms with Crippen molar-refractivity contribution in [2.75, 3.05) is 50.1 Å². The van der Waals surface area contributed by atoms with Crippen LogP contribution < -0.4 is 15.0 Å². The zero-order chi connectivity index (χ0) is 26.5. The SMILES string of the molecule is CCN1CCN(c2c(CN(C(=O)Nc3cccc(OC)c3)C(C)C)c(C)nn2-c2cccc(F)c2)CC1. The van der Waals surface area contributed by atoms with E-state index in [1.54, 1.807) is 24.1 Å². The molecule has 0 saturated carbocycles. The molecule has 37 heavy (non-hydrogen) atoms. The zero-order valence-electron chi connectivity index (χ0n) is 22.4. The lowest BCUT2D eigenvalue weighted by Crippen LogP contribution is -2.47. The molecule has 0 aliphatic carbocycles. The van der Waals surface area contributed by atoms with Crippen molar-refractivity contribution in [1.29, 1.82) is 0 Å². The number of anilines is 2. The van der Waals surface area contributed by atoms with Crippen LogP contribution in [0.3, 0.4) is 0 Å². The van der Waals surface area contributed by atoms with Gasteiger partial charge in [-0.25, -0.2) is 13.9 Å². The van der Waals surface area contributed by atoms with Crippen LogP contribution in [-0.4, -0.2) is 71.5 Å². The number of carbonyl (C=O) groups excluding carboxylic acids is 1. The van der Waals surface area contributed by atoms with Crippen LogP contribution in [0, 0.1) is 12.7 Å². The number of rotatable bonds is 8. The standard InChI is InChI=1S/C28H37FN6O2/c1-6-32-13-15-33(16-14-32)27-26(21(4)31-35(27)24-11-7-9-22(29)17-24)19-34(20(2)3)28(36)30-23-10-8-12-25(18-23)37-5/h7-12,17-18,20H,6,13-16,19H2,1-5H3,(H,30,36). The van der Waals surface area contributed by atoms with Gasteiger partial charge in [-0.3, -0.25) is 0 Å². The average molecular weight is 509 g/mol. The summed E-state index contributed by atoms with van der Waals surface area (Å²) in [6, 6.07) is 13.5. The second-order valence-electron chi connectivity index (χ2n) is 9.58. The van der Waals surface area contributed by atoms with E-state index < -0.39 is 0 Å². The van der Waals surface area contributed by atoms with Gasteiger partial charge in [-0.15, -0.1) is 0 Å². The number of ether oxygens (including phenoxy) is 1. The Morgan fingerprint density at radius 1 is 1.14 bits per heavy atom. The number of carbonyl (C=O) groups is 1. The van der Waals surface area contributed by atoms with Gasteiger partial charge < -0.3 is 24.8 Å². The van der Waals surface area contributed by atoms with Crippen LogP contribution in [0.1, 0.15) is 32.0 Å². The third kappa shape index (κ3) is 6.05. The van der Waals surface area contributed by atoms with Crippen LogP contribution in [-0.2, 0) is 6.54 Å². The molecule has 9 heteroatoms. The first-order valence-corrected chi connectivity index (χ1v) is 12.8. The summed E-state index contributed by atoms with van der Waals surface area (Å²) in [5.74, 6) is 1.28. The summed E-state index contributed by atoms with van der Waals surface area (Å²) in [6.45, 7) is 13.0. The number of benzene rings is 2. The van der Waals surface area contributed by atoms with Crippen molar-refractivity contribution in [2.24, 2.45) is 0 Å². The molecule has 1 aliphatic rings. The summed E-state index contributed by atoms with van der Waals surface area (Å²) in [5, 5.41) is 7.84. The molecule has 0 radical (unpaired) electrons. The van der Waals surface area contributed by atoms with E-state index in [0.29, 0.717) is 23.7 Å². The van der Waals surface area contributed by atoms with Gasteiger partial charge in [0.25, 0.3) is 0 Å². The Balaban J connectivity index is 1.69. The van der Waals surface area contributed by atoms with E-state index in [9.17, 15) is 9.18 Å². The van der Waals surface area contributed by atoms with Crippen molar-refractivity contribution in [2.45, 2.75) is 40.3 Å². The number of aromatic nitrogens is 2. The van der Waals surface area contributed by atoms with Gasteiger partial charge in [0.15, 0.2) is 0 Å². The first-order valence-electron chi connectivity index (χ1n) is 12.8. The Bertz CT molecular complexity index is 1220. The van der Waals surface area contributed by atoms with Crippen LogP contribution >= 0.6 is 0 Å². The number of amides is 2. The number of aryl methyl sites for hydroxylation is 1. The average Bonchev–Trinajstić information content (AvgIpc) is 3.22. The highest BCUT2D eigenvalue weighted by Gasteiger charge is 2.28. The molecular formula is C28H37FN6O2. The van der Waals surface area contributed by atoms with Gasteiger partial charge in [0.05, 0.1) is 25.0 Å². The normalized spacial score (nSPS) is 14.2. The van der Waals surface area contributed by atoms with Crippen molar-refractivity contribution >= 4 is 17.5 Å². The molecule has 2 heterocycles. The second-order valence-corrected chi connectivity index (χ2v) is 9.58. The topological polar surface area (TPSA) is 65.9 Å². The Kier molecular flexibility index (Phi) is 8.33. The van der Waals surface area contributed by atoms with Crippen LogP contribution in [0.4, 0.5) is 20.7 Å². The lowest BCUT2D eigenvalue weighted by Gasteiger charge is -2.36. The minimum absolute atomic E-state index is 0.0627. The molecule has 8 nitrogen and oxygen atoms in total. The predicted molar refractivity (Wildman–Crippen MR) is 145 cm³/mol. The number of nitrogens with one attached hydrogen (secondary N) is 1. The Labute approximate surface area is 218 Å². The van der Waals surface area contributed by atoms with Crippen LogP contribution in [0.5, 0.6) is 5.75 Å². The fourth-order valence-corrected chi connectivity index (χ4v) is 4.68. The van der Waals surface area contributed by atoms with E-state index in [0.717, 1.165) is 49.8 Å². The molecule has 0 atom stereocenters. The summed E-state index contributed by atoms with van der Waals surface area (Å²) >= 11 is 0. The van der Waals surface area contributed by atoms with Crippen molar-refractivity contribution in [1.82, 2.24) is 19.6 Å². The summed E-state index contributed by atoms with van der Waals surface area (Å²) in [6.07, 6.45) is 0. The molecule has 2 aromatic carbocycles. The summed E-state index contributed by atoms with van der Waals surface area (Å²) in [4.78, 5) is 20.0. The summed E-state index contributed by atoms with van der Waals surface area (Å²) in [5.41, 5.74) is 3.11. The van der Waals surface area contributed by atoms with Gasteiger partial charge >= 0.3 is 6.03 Å². The van der Waals surface area contributed by atoms with Gasteiger partial charge in [0, 0.05) is 49.5 Å². The minimum Gasteiger partial charge on any atom is -0.497 e. The lowest BCUT2D eigenvalue weighted by molar-refractivity contribution is 0.193. The van der Waals surface area contributed by atoms with E-state index in [4.69, 9.17) is 9.84 Å². The largest absolute Gasteiger partial charge is 0.497 e. The first-order chi connectivity index (χ1) is 17.8. The van der Waals surface area contributed by atoms with Gasteiger partial charge in [0.2, 0.25) is 0 Å². The molecule has 3 aromatic rings. The predicted octanol–water partition coefficient (Wildman–Crippen LogP) is 4.91. The minimum atomic E-state index is -0.310. The third-order valence-corrected chi connectivity index (χ3v) is 6.86. The highest BCUT2D eigenvalue weighted by Crippen LogP contribution is 2.31. The first kappa shape index (κ1) is 26.5. The van der Waals surface area contributed by atoms with E-state index in [2.05, 4.69) is 22.0 Å². The molecule has 1 fully saturated rings. The van der Waals surface area contributed by atoms with Crippen molar-refractivity contribution in [3.05, 3.63) is 65.6 Å². The number of hydrogen-bond acceptors (Lipinski definition) is 5. The van der Waals surface area contributed by atoms with Crippen molar-refractivity contribution in [3.63, 3.8) is 0 Å². The Morgan fingerprint density at radius 3 is 2.51 bits per heavy atom. The molecule has 0 spiro atoms. The number of methoxy groups -OCH3 is 1. The second kappa shape index (κ2) is 11.6. The summed E-state index contributed by atoms with van der Waals surface area (Å²) < 4.78 is 21.3. The molecule has 1 N–H and O–H groups in total. The van der Waals surface area contributed by atoms with E-state index >= 15 is 0 Å². The zero-order valence-corrected chi connectivity index (χ0v) is 22.4. The quantitative estimate of drug-likeness (QED) is 0.468. The molecule has 0 bridgehead atoms. The Morgan fingerprint density at radius 2 is 1.86 bits per heavy atom. The number of urea groups is 1. The smallest absolute Gasteiger partial charge is 0.322 e. The molecule has 1 aliphatic heterocycles. The van der Waals surface area contributed by atoms with Crippen molar-refractivity contribution < 1.29 is 13.9 Å². The highest BCUT2D eigenvalue weighted by molar-refractivity contribution is 5.89. The van der Waals surface area contributed by atoms with E-state index in [1.807, 2.05) is 49.7 Å². The maximum absolute atomic E-state index is 14.2. The number of hydrogen-bond donors (Lipinski definition) is 1.